The fourth-order valence-electron chi connectivity index (χ4n) is 5.48. The molecule has 3 atom stereocenters. The summed E-state index contributed by atoms with van der Waals surface area (Å²) in [5, 5.41) is 0. The van der Waals surface area contributed by atoms with Gasteiger partial charge in [0.1, 0.15) is 34.3 Å². The molecule has 0 bridgehead atoms. The Hall–Kier alpha value is -2.82. The van der Waals surface area contributed by atoms with Gasteiger partial charge in [-0.25, -0.2) is 27.8 Å². The number of hydrogen-bond donors (Lipinski definition) is 0. The smallest absolute Gasteiger partial charge is 0.244 e. The van der Waals surface area contributed by atoms with Crippen molar-refractivity contribution in [1.29, 1.82) is 0 Å². The first-order valence-electron chi connectivity index (χ1n) is 11.9. The molecule has 0 spiro atoms. The maximum atomic E-state index is 13.5. The Kier molecular flexibility index (Phi) is 5.35. The minimum absolute atomic E-state index is 0.0701. The first-order chi connectivity index (χ1) is 16.4. The second-order valence-corrected chi connectivity index (χ2v) is 13.3. The molecule has 0 unspecified atom stereocenters. The van der Waals surface area contributed by atoms with Crippen LogP contribution in [0.3, 0.4) is 0 Å². The Morgan fingerprint density at radius 3 is 2.37 bits per heavy atom. The van der Waals surface area contributed by atoms with Gasteiger partial charge < -0.3 is 14.7 Å². The third kappa shape index (κ3) is 3.57. The number of amides is 1. The van der Waals surface area contributed by atoms with Crippen molar-refractivity contribution in [3.8, 4) is 0 Å². The lowest BCUT2D eigenvalue weighted by molar-refractivity contribution is -0.137. The summed E-state index contributed by atoms with van der Waals surface area (Å²) in [7, 11) is -3.40. The number of fused-ring (bicyclic) bond motifs is 1. The van der Waals surface area contributed by atoms with Gasteiger partial charge in [0.15, 0.2) is 9.84 Å². The Morgan fingerprint density at radius 1 is 1.06 bits per heavy atom. The van der Waals surface area contributed by atoms with Crippen molar-refractivity contribution in [2.75, 3.05) is 35.2 Å². The number of halogens is 1. The number of anilines is 3. The summed E-state index contributed by atoms with van der Waals surface area (Å²) >= 11 is 0. The van der Waals surface area contributed by atoms with E-state index in [1.54, 1.807) is 17.9 Å². The predicted octanol–water partition coefficient (Wildman–Crippen LogP) is 2.44. The summed E-state index contributed by atoms with van der Waals surface area (Å²) in [6.07, 6.45) is 3.10. The Morgan fingerprint density at radius 2 is 1.77 bits per heavy atom. The van der Waals surface area contributed by atoms with Crippen LogP contribution in [0.25, 0.3) is 0 Å². The SMILES string of the molecule is C[C@@H]1CN(c2ncnc3c2C(C)(C)CN3c2ccc(F)cn2)[C@@H](C)CN1C(=O)[C@@]1(C)CCS1(=O)=O. The third-order valence-corrected chi connectivity index (χ3v) is 10.3. The van der Waals surface area contributed by atoms with E-state index < -0.39 is 20.4 Å². The van der Waals surface area contributed by atoms with Crippen LogP contribution < -0.4 is 9.80 Å². The number of carbonyl (C=O) groups is 1. The molecule has 2 aromatic rings. The number of nitrogens with zero attached hydrogens (tertiary/aromatic N) is 6. The van der Waals surface area contributed by atoms with Crippen molar-refractivity contribution >= 4 is 33.2 Å². The lowest BCUT2D eigenvalue weighted by atomic mass is 9.87. The van der Waals surface area contributed by atoms with Gasteiger partial charge in [-0.3, -0.25) is 4.79 Å². The molecule has 2 fully saturated rings. The van der Waals surface area contributed by atoms with Crippen LogP contribution in [-0.4, -0.2) is 76.4 Å². The highest BCUT2D eigenvalue weighted by Gasteiger charge is 2.57. The molecule has 0 saturated carbocycles. The van der Waals surface area contributed by atoms with Gasteiger partial charge in [-0.05, 0) is 39.3 Å². The van der Waals surface area contributed by atoms with Crippen molar-refractivity contribution in [3.05, 3.63) is 36.0 Å². The zero-order valence-electron chi connectivity index (χ0n) is 20.7. The first kappa shape index (κ1) is 23.9. The van der Waals surface area contributed by atoms with Gasteiger partial charge in [-0.15, -0.1) is 0 Å². The van der Waals surface area contributed by atoms with Gasteiger partial charge in [0.05, 0.1) is 11.9 Å². The van der Waals surface area contributed by atoms with Crippen molar-refractivity contribution in [1.82, 2.24) is 19.9 Å². The van der Waals surface area contributed by atoms with Crippen LogP contribution in [0.1, 0.15) is 46.6 Å². The van der Waals surface area contributed by atoms with E-state index >= 15 is 0 Å². The van der Waals surface area contributed by atoms with Crippen LogP contribution in [0.15, 0.2) is 24.7 Å². The standard InChI is InChI=1S/C24H31FN6O3S/c1-15-12-30(22(32)24(5)8-9-35(24,33)34)16(2)11-29(15)20-19-21(28-14-27-20)31(13-23(19,3)4)18-7-6-17(25)10-26-18/h6-7,10,14-16H,8-9,11-13H2,1-5H3/t15-,16+,24+/m0/s1. The fourth-order valence-corrected chi connectivity index (χ4v) is 7.02. The van der Waals surface area contributed by atoms with E-state index in [4.69, 9.17) is 0 Å². The minimum atomic E-state index is -3.40. The minimum Gasteiger partial charge on any atom is -0.350 e. The first-order valence-corrected chi connectivity index (χ1v) is 13.6. The van der Waals surface area contributed by atoms with Gasteiger partial charge in [0.2, 0.25) is 5.91 Å². The topological polar surface area (TPSA) is 99.6 Å². The number of piperazine rings is 1. The molecule has 0 N–H and O–H groups in total. The van der Waals surface area contributed by atoms with E-state index in [1.807, 2.05) is 18.7 Å². The second kappa shape index (κ2) is 7.84. The molecule has 5 rings (SSSR count). The molecular weight excluding hydrogens is 471 g/mol. The van der Waals surface area contributed by atoms with Gasteiger partial charge in [-0.1, -0.05) is 13.8 Å². The third-order valence-electron chi connectivity index (χ3n) is 7.79. The van der Waals surface area contributed by atoms with Gasteiger partial charge in [0, 0.05) is 42.7 Å². The van der Waals surface area contributed by atoms with Crippen molar-refractivity contribution < 1.29 is 17.6 Å². The average molecular weight is 503 g/mol. The molecule has 2 aromatic heterocycles. The number of aromatic nitrogens is 3. The maximum Gasteiger partial charge on any atom is 0.244 e. The van der Waals surface area contributed by atoms with Crippen LogP contribution in [0.2, 0.25) is 0 Å². The highest BCUT2D eigenvalue weighted by atomic mass is 32.2. The van der Waals surface area contributed by atoms with Crippen LogP contribution in [0.4, 0.5) is 21.8 Å². The molecule has 35 heavy (non-hydrogen) atoms. The van der Waals surface area contributed by atoms with Crippen molar-refractivity contribution in [3.63, 3.8) is 0 Å². The van der Waals surface area contributed by atoms with Crippen molar-refractivity contribution in [2.24, 2.45) is 0 Å². The molecule has 3 aliphatic rings. The molecule has 0 radical (unpaired) electrons. The van der Waals surface area contributed by atoms with Gasteiger partial charge in [-0.2, -0.15) is 0 Å². The summed E-state index contributed by atoms with van der Waals surface area (Å²) in [6, 6.07) is 2.77. The molecule has 11 heteroatoms. The molecule has 188 valence electrons. The highest BCUT2D eigenvalue weighted by Crippen LogP contribution is 2.47. The Balaban J connectivity index is 1.46. The van der Waals surface area contributed by atoms with E-state index in [9.17, 15) is 17.6 Å². The number of carbonyl (C=O) groups excluding carboxylic acids is 1. The molecule has 1 amide bonds. The molecule has 5 heterocycles. The Bertz CT molecular complexity index is 1280. The average Bonchev–Trinajstić information content (AvgIpc) is 3.10. The molecule has 0 aliphatic carbocycles. The van der Waals surface area contributed by atoms with E-state index in [1.165, 1.54) is 18.6 Å². The molecule has 3 aliphatic heterocycles. The summed E-state index contributed by atoms with van der Waals surface area (Å²) in [5.41, 5.74) is 0.684. The summed E-state index contributed by atoms with van der Waals surface area (Å²) < 4.78 is 36.9. The largest absolute Gasteiger partial charge is 0.350 e. The number of sulfone groups is 1. The monoisotopic (exact) mass is 502 g/mol. The molecule has 2 saturated heterocycles. The van der Waals surface area contributed by atoms with Crippen LogP contribution >= 0.6 is 0 Å². The molecule has 9 nitrogen and oxygen atoms in total. The van der Waals surface area contributed by atoms with Crippen LogP contribution in [0.5, 0.6) is 0 Å². The highest BCUT2D eigenvalue weighted by molar-refractivity contribution is 7.95. The molecule has 0 aromatic carbocycles. The normalized spacial score (nSPS) is 29.0. The number of hydrogen-bond acceptors (Lipinski definition) is 8. The van der Waals surface area contributed by atoms with Crippen molar-refractivity contribution in [2.45, 2.75) is 63.3 Å². The summed E-state index contributed by atoms with van der Waals surface area (Å²) in [5.74, 6) is 1.54. The van der Waals surface area contributed by atoms with Gasteiger partial charge in [0.25, 0.3) is 0 Å². The van der Waals surface area contributed by atoms with Crippen LogP contribution in [0, 0.1) is 5.82 Å². The summed E-state index contributed by atoms with van der Waals surface area (Å²) in [6.45, 7) is 11.3. The van der Waals surface area contributed by atoms with E-state index in [-0.39, 0.29) is 29.2 Å². The predicted molar refractivity (Wildman–Crippen MR) is 131 cm³/mol. The number of pyridine rings is 1. The Labute approximate surface area is 205 Å². The molecular formula is C24H31FN6O3S. The van der Waals surface area contributed by atoms with Gasteiger partial charge >= 0.3 is 0 Å². The fraction of sp³-hybridized carbons (Fsp3) is 0.583. The zero-order chi connectivity index (χ0) is 25.3. The zero-order valence-corrected chi connectivity index (χ0v) is 21.5. The second-order valence-electron chi connectivity index (χ2n) is 10.8. The van der Waals surface area contributed by atoms with E-state index in [2.05, 4.69) is 33.7 Å². The lowest BCUT2D eigenvalue weighted by Gasteiger charge is -2.49. The quantitative estimate of drug-likeness (QED) is 0.631. The van der Waals surface area contributed by atoms with E-state index in [0.29, 0.717) is 31.9 Å². The van der Waals surface area contributed by atoms with E-state index in [0.717, 1.165) is 17.2 Å². The lowest BCUT2D eigenvalue weighted by Crippen LogP contribution is -2.66. The maximum absolute atomic E-state index is 13.5. The summed E-state index contributed by atoms with van der Waals surface area (Å²) in [4.78, 5) is 32.7. The van der Waals surface area contributed by atoms with Crippen LogP contribution in [-0.2, 0) is 20.0 Å². The number of rotatable bonds is 3.